The molecule has 0 saturated heterocycles. The molecular formula is C6H5BClN3. The van der Waals surface area contributed by atoms with E-state index < -0.39 is 0 Å². The van der Waals surface area contributed by atoms with E-state index in [1.165, 1.54) is 0 Å². The fraction of sp³-hybridized carbons (Fsp3) is 0. The van der Waals surface area contributed by atoms with Crippen LogP contribution in [0.2, 0.25) is 5.02 Å². The van der Waals surface area contributed by atoms with Crippen LogP contribution in [0.25, 0.3) is 11.2 Å². The fourth-order valence-electron chi connectivity index (χ4n) is 0.997. The lowest BCUT2D eigenvalue weighted by Gasteiger charge is -1.92. The maximum Gasteiger partial charge on any atom is 0.226 e. The van der Waals surface area contributed by atoms with Crippen LogP contribution in [0.5, 0.6) is 0 Å². The van der Waals surface area contributed by atoms with E-state index in [1.807, 2.05) is 12.5 Å². The van der Waals surface area contributed by atoms with Crippen LogP contribution in [0, 0.1) is 0 Å². The zero-order valence-electron chi connectivity index (χ0n) is 5.95. The van der Waals surface area contributed by atoms with Gasteiger partial charge in [0.15, 0.2) is 0 Å². The summed E-state index contributed by atoms with van der Waals surface area (Å²) in [5.74, 6) is 0. The first kappa shape index (κ1) is 6.67. The van der Waals surface area contributed by atoms with Crippen molar-refractivity contribution in [3.8, 4) is 0 Å². The molecule has 0 radical (unpaired) electrons. The summed E-state index contributed by atoms with van der Waals surface area (Å²) in [4.78, 5) is 8.20. The van der Waals surface area contributed by atoms with Crippen molar-refractivity contribution in [3.05, 3.63) is 23.6 Å². The van der Waals surface area contributed by atoms with Gasteiger partial charge in [0.1, 0.15) is 11.2 Å². The zero-order chi connectivity index (χ0) is 7.84. The Bertz CT molecular complexity index is 398. The monoisotopic (exact) mass is 165 g/mol. The standard InChI is InChI=1S/C6H5BClN3/c7-11-3-10-5-4(8)1-2-9-6(5)11/h1-3H,7H2. The first-order valence-electron chi connectivity index (χ1n) is 3.20. The minimum atomic E-state index is 0.649. The number of hydrogen-bond donors (Lipinski definition) is 0. The second-order valence-corrected chi connectivity index (χ2v) is 2.73. The van der Waals surface area contributed by atoms with Crippen LogP contribution in [-0.4, -0.2) is 22.4 Å². The molecule has 0 aliphatic carbocycles. The van der Waals surface area contributed by atoms with E-state index in [-0.39, 0.29) is 0 Å². The molecule has 0 aromatic carbocycles. The van der Waals surface area contributed by atoms with Crippen LogP contribution >= 0.6 is 11.6 Å². The molecule has 2 heterocycles. The first-order valence-corrected chi connectivity index (χ1v) is 3.58. The first-order chi connectivity index (χ1) is 5.29. The largest absolute Gasteiger partial charge is 0.368 e. The summed E-state index contributed by atoms with van der Waals surface area (Å²) in [6, 6.07) is 1.73. The smallest absolute Gasteiger partial charge is 0.226 e. The summed E-state index contributed by atoms with van der Waals surface area (Å²) < 4.78 is 1.83. The van der Waals surface area contributed by atoms with Crippen LogP contribution < -0.4 is 0 Å². The van der Waals surface area contributed by atoms with Crippen molar-refractivity contribution in [2.75, 3.05) is 0 Å². The van der Waals surface area contributed by atoms with Crippen LogP contribution in [0.15, 0.2) is 18.6 Å². The molecule has 0 amide bonds. The van der Waals surface area contributed by atoms with Gasteiger partial charge in [-0.25, -0.2) is 9.97 Å². The number of fused-ring (bicyclic) bond motifs is 1. The van der Waals surface area contributed by atoms with Crippen LogP contribution in [0.1, 0.15) is 0 Å². The van der Waals surface area contributed by atoms with Crippen molar-refractivity contribution in [3.63, 3.8) is 0 Å². The van der Waals surface area contributed by atoms with Crippen LogP contribution in [0.4, 0.5) is 0 Å². The average Bonchev–Trinajstić information content (AvgIpc) is 2.35. The third kappa shape index (κ3) is 0.904. The van der Waals surface area contributed by atoms with E-state index >= 15 is 0 Å². The normalized spacial score (nSPS) is 10.6. The number of nitrogens with zero attached hydrogens (tertiary/aromatic N) is 3. The summed E-state index contributed by atoms with van der Waals surface area (Å²) in [5, 5.41) is 0.649. The van der Waals surface area contributed by atoms with E-state index in [2.05, 4.69) is 9.97 Å². The predicted molar refractivity (Wildman–Crippen MR) is 46.5 cm³/mol. The summed E-state index contributed by atoms with van der Waals surface area (Å²) in [7, 11) is 1.89. The molecule has 0 N–H and O–H groups in total. The lowest BCUT2D eigenvalue weighted by Crippen LogP contribution is -1.89. The Kier molecular flexibility index (Phi) is 1.36. The van der Waals surface area contributed by atoms with Gasteiger partial charge >= 0.3 is 0 Å². The second-order valence-electron chi connectivity index (χ2n) is 2.32. The maximum absolute atomic E-state index is 5.85. The van der Waals surface area contributed by atoms with Gasteiger partial charge in [0.25, 0.3) is 0 Å². The molecular weight excluding hydrogens is 160 g/mol. The molecule has 0 unspecified atom stereocenters. The highest BCUT2D eigenvalue weighted by Crippen LogP contribution is 2.17. The molecule has 0 fully saturated rings. The van der Waals surface area contributed by atoms with Crippen molar-refractivity contribution in [1.29, 1.82) is 0 Å². The SMILES string of the molecule is Bn1cnc2c(Cl)ccnc21. The van der Waals surface area contributed by atoms with Crippen LogP contribution in [0.3, 0.4) is 0 Å². The fourth-order valence-corrected chi connectivity index (χ4v) is 1.19. The predicted octanol–water partition coefficient (Wildman–Crippen LogP) is 0.481. The number of aromatic nitrogens is 3. The van der Waals surface area contributed by atoms with Gasteiger partial charge in [-0.2, -0.15) is 0 Å². The minimum absolute atomic E-state index is 0.649. The minimum Gasteiger partial charge on any atom is -0.368 e. The van der Waals surface area contributed by atoms with Gasteiger partial charge < -0.3 is 4.48 Å². The van der Waals surface area contributed by atoms with Gasteiger partial charge in [0.2, 0.25) is 7.98 Å². The molecule has 2 aromatic heterocycles. The highest BCUT2D eigenvalue weighted by atomic mass is 35.5. The van der Waals surface area contributed by atoms with Crippen LogP contribution in [-0.2, 0) is 0 Å². The molecule has 0 saturated carbocycles. The van der Waals surface area contributed by atoms with Gasteiger partial charge in [-0.15, -0.1) is 0 Å². The van der Waals surface area contributed by atoms with Crippen molar-refractivity contribution >= 4 is 30.7 Å². The molecule has 2 rings (SSSR count). The summed E-state index contributed by atoms with van der Waals surface area (Å²) in [5.41, 5.74) is 1.58. The molecule has 2 aromatic rings. The lowest BCUT2D eigenvalue weighted by molar-refractivity contribution is 1.21. The van der Waals surface area contributed by atoms with E-state index in [4.69, 9.17) is 11.6 Å². The molecule has 0 bridgehead atoms. The summed E-state index contributed by atoms with van der Waals surface area (Å²) in [6.07, 6.45) is 3.37. The van der Waals surface area contributed by atoms with Gasteiger partial charge in [0, 0.05) is 6.20 Å². The Morgan fingerprint density at radius 1 is 1.45 bits per heavy atom. The third-order valence-corrected chi connectivity index (χ3v) is 1.85. The Morgan fingerprint density at radius 3 is 3.00 bits per heavy atom. The van der Waals surface area contributed by atoms with E-state index in [0.29, 0.717) is 5.02 Å². The molecule has 54 valence electrons. The number of pyridine rings is 1. The average molecular weight is 165 g/mol. The Hall–Kier alpha value is -1.03. The van der Waals surface area contributed by atoms with Crippen molar-refractivity contribution in [1.82, 2.24) is 14.4 Å². The topological polar surface area (TPSA) is 30.7 Å². The molecule has 11 heavy (non-hydrogen) atoms. The van der Waals surface area contributed by atoms with Crippen molar-refractivity contribution in [2.45, 2.75) is 0 Å². The Balaban J connectivity index is 2.94. The molecule has 0 spiro atoms. The zero-order valence-corrected chi connectivity index (χ0v) is 6.71. The van der Waals surface area contributed by atoms with Gasteiger partial charge in [-0.05, 0) is 6.07 Å². The number of imidazole rings is 1. The van der Waals surface area contributed by atoms with Crippen molar-refractivity contribution < 1.29 is 0 Å². The van der Waals surface area contributed by atoms with E-state index in [0.717, 1.165) is 11.2 Å². The number of rotatable bonds is 0. The quantitative estimate of drug-likeness (QED) is 0.532. The van der Waals surface area contributed by atoms with Crippen molar-refractivity contribution in [2.24, 2.45) is 0 Å². The number of hydrogen-bond acceptors (Lipinski definition) is 2. The summed E-state index contributed by atoms with van der Waals surface area (Å²) in [6.45, 7) is 0. The van der Waals surface area contributed by atoms with E-state index in [1.54, 1.807) is 18.6 Å². The highest BCUT2D eigenvalue weighted by Gasteiger charge is 2.02. The van der Waals surface area contributed by atoms with Gasteiger partial charge in [0.05, 0.1) is 11.3 Å². The summed E-state index contributed by atoms with van der Waals surface area (Å²) >= 11 is 5.85. The maximum atomic E-state index is 5.85. The van der Waals surface area contributed by atoms with Gasteiger partial charge in [-0.3, -0.25) is 0 Å². The Labute approximate surface area is 69.4 Å². The molecule has 5 heteroatoms. The molecule has 0 aliphatic rings. The highest BCUT2D eigenvalue weighted by molar-refractivity contribution is 6.35. The Morgan fingerprint density at radius 2 is 2.27 bits per heavy atom. The molecule has 3 nitrogen and oxygen atoms in total. The third-order valence-electron chi connectivity index (χ3n) is 1.55. The lowest BCUT2D eigenvalue weighted by atomic mass is 10.4. The molecule has 0 aliphatic heterocycles. The molecule has 0 atom stereocenters. The van der Waals surface area contributed by atoms with Gasteiger partial charge in [-0.1, -0.05) is 11.6 Å². The van der Waals surface area contributed by atoms with E-state index in [9.17, 15) is 0 Å². The second kappa shape index (κ2) is 2.24. The number of halogens is 1.